The lowest BCUT2D eigenvalue weighted by molar-refractivity contribution is 0.396. The van der Waals surface area contributed by atoms with Gasteiger partial charge < -0.3 is 10.1 Å². The molecule has 0 aliphatic rings. The van der Waals surface area contributed by atoms with Crippen molar-refractivity contribution in [2.24, 2.45) is 0 Å². The highest BCUT2D eigenvalue weighted by atomic mass is 79.9. The molecule has 0 bridgehead atoms. The SMILES string of the molecule is COc1cccc(CNc2ccc(Br)c(F)c2)n1. The molecule has 94 valence electrons. The highest BCUT2D eigenvalue weighted by Gasteiger charge is 2.01. The maximum atomic E-state index is 13.3. The molecular formula is C13H12BrFN2O. The smallest absolute Gasteiger partial charge is 0.213 e. The molecule has 0 aliphatic carbocycles. The molecule has 1 aromatic heterocycles. The van der Waals surface area contributed by atoms with Gasteiger partial charge in [0, 0.05) is 11.8 Å². The Morgan fingerprint density at radius 3 is 2.89 bits per heavy atom. The van der Waals surface area contributed by atoms with E-state index in [0.717, 1.165) is 5.69 Å². The van der Waals surface area contributed by atoms with Crippen LogP contribution in [0.15, 0.2) is 40.9 Å². The van der Waals surface area contributed by atoms with Gasteiger partial charge in [-0.3, -0.25) is 0 Å². The quantitative estimate of drug-likeness (QED) is 0.937. The standard InChI is InChI=1S/C13H12BrFN2O/c1-18-13-4-2-3-10(17-13)8-16-9-5-6-11(14)12(15)7-9/h2-7,16H,8H2,1H3. The second-order valence-corrected chi connectivity index (χ2v) is 4.51. The topological polar surface area (TPSA) is 34.1 Å². The van der Waals surface area contributed by atoms with Crippen LogP contribution < -0.4 is 10.1 Å². The van der Waals surface area contributed by atoms with Crippen LogP contribution in [-0.2, 0) is 6.54 Å². The molecule has 3 nitrogen and oxygen atoms in total. The maximum Gasteiger partial charge on any atom is 0.213 e. The van der Waals surface area contributed by atoms with E-state index in [1.165, 1.54) is 6.07 Å². The Balaban J connectivity index is 2.04. The number of ether oxygens (including phenoxy) is 1. The third-order valence-corrected chi connectivity index (χ3v) is 3.03. The van der Waals surface area contributed by atoms with Crippen molar-refractivity contribution in [2.45, 2.75) is 6.54 Å². The van der Waals surface area contributed by atoms with Crippen LogP contribution in [0.5, 0.6) is 5.88 Å². The predicted molar refractivity (Wildman–Crippen MR) is 72.2 cm³/mol. The molecule has 0 amide bonds. The van der Waals surface area contributed by atoms with E-state index >= 15 is 0 Å². The largest absolute Gasteiger partial charge is 0.481 e. The van der Waals surface area contributed by atoms with Crippen molar-refractivity contribution in [1.29, 1.82) is 0 Å². The van der Waals surface area contributed by atoms with Crippen molar-refractivity contribution in [3.05, 3.63) is 52.4 Å². The monoisotopic (exact) mass is 310 g/mol. The summed E-state index contributed by atoms with van der Waals surface area (Å²) in [5.41, 5.74) is 1.54. The summed E-state index contributed by atoms with van der Waals surface area (Å²) < 4.78 is 18.8. The van der Waals surface area contributed by atoms with Crippen molar-refractivity contribution in [3.63, 3.8) is 0 Å². The van der Waals surface area contributed by atoms with Crippen LogP contribution in [-0.4, -0.2) is 12.1 Å². The van der Waals surface area contributed by atoms with Crippen LogP contribution in [0.25, 0.3) is 0 Å². The third kappa shape index (κ3) is 3.20. The number of nitrogens with one attached hydrogen (secondary N) is 1. The second kappa shape index (κ2) is 5.82. The summed E-state index contributed by atoms with van der Waals surface area (Å²) in [7, 11) is 1.57. The number of rotatable bonds is 4. The molecule has 1 heterocycles. The number of nitrogens with zero attached hydrogens (tertiary/aromatic N) is 1. The van der Waals surface area contributed by atoms with E-state index in [9.17, 15) is 4.39 Å². The van der Waals surface area contributed by atoms with E-state index in [-0.39, 0.29) is 5.82 Å². The second-order valence-electron chi connectivity index (χ2n) is 3.65. The van der Waals surface area contributed by atoms with Gasteiger partial charge in [0.15, 0.2) is 0 Å². The van der Waals surface area contributed by atoms with Crippen molar-refractivity contribution >= 4 is 21.6 Å². The minimum Gasteiger partial charge on any atom is -0.481 e. The number of pyridine rings is 1. The number of methoxy groups -OCH3 is 1. The molecule has 0 unspecified atom stereocenters. The van der Waals surface area contributed by atoms with Gasteiger partial charge in [-0.25, -0.2) is 9.37 Å². The Hall–Kier alpha value is -1.62. The molecule has 2 rings (SSSR count). The lowest BCUT2D eigenvalue weighted by Crippen LogP contribution is -2.02. The van der Waals surface area contributed by atoms with E-state index in [1.807, 2.05) is 12.1 Å². The Bertz CT molecular complexity index is 548. The number of hydrogen-bond acceptors (Lipinski definition) is 3. The summed E-state index contributed by atoms with van der Waals surface area (Å²) >= 11 is 3.11. The molecule has 5 heteroatoms. The van der Waals surface area contributed by atoms with Crippen molar-refractivity contribution in [3.8, 4) is 5.88 Å². The van der Waals surface area contributed by atoms with E-state index in [2.05, 4.69) is 26.2 Å². The molecule has 0 fully saturated rings. The first-order chi connectivity index (χ1) is 8.69. The Labute approximate surface area is 113 Å². The third-order valence-electron chi connectivity index (χ3n) is 2.38. The average Bonchev–Trinajstić information content (AvgIpc) is 2.40. The lowest BCUT2D eigenvalue weighted by Gasteiger charge is -2.07. The zero-order valence-corrected chi connectivity index (χ0v) is 11.4. The fraction of sp³-hybridized carbons (Fsp3) is 0.154. The zero-order chi connectivity index (χ0) is 13.0. The lowest BCUT2D eigenvalue weighted by atomic mass is 10.3. The first kappa shape index (κ1) is 12.8. The van der Waals surface area contributed by atoms with Crippen molar-refractivity contribution in [1.82, 2.24) is 4.98 Å². The summed E-state index contributed by atoms with van der Waals surface area (Å²) in [5, 5.41) is 3.10. The number of anilines is 1. The van der Waals surface area contributed by atoms with Crippen molar-refractivity contribution < 1.29 is 9.13 Å². The minimum absolute atomic E-state index is 0.293. The number of benzene rings is 1. The highest BCUT2D eigenvalue weighted by molar-refractivity contribution is 9.10. The molecule has 0 saturated heterocycles. The summed E-state index contributed by atoms with van der Waals surface area (Å²) in [6.45, 7) is 0.512. The highest BCUT2D eigenvalue weighted by Crippen LogP contribution is 2.19. The van der Waals surface area contributed by atoms with E-state index in [0.29, 0.717) is 22.6 Å². The molecule has 0 radical (unpaired) electrons. The van der Waals surface area contributed by atoms with Gasteiger partial charge in [0.25, 0.3) is 0 Å². The van der Waals surface area contributed by atoms with Gasteiger partial charge in [-0.2, -0.15) is 0 Å². The first-order valence-electron chi connectivity index (χ1n) is 5.38. The molecule has 0 aliphatic heterocycles. The summed E-state index contributed by atoms with van der Waals surface area (Å²) in [6, 6.07) is 10.4. The maximum absolute atomic E-state index is 13.3. The molecule has 1 aromatic carbocycles. The van der Waals surface area contributed by atoms with Gasteiger partial charge in [-0.1, -0.05) is 6.07 Å². The van der Waals surface area contributed by atoms with Crippen molar-refractivity contribution in [2.75, 3.05) is 12.4 Å². The summed E-state index contributed by atoms with van der Waals surface area (Å²) in [4.78, 5) is 4.26. The van der Waals surface area contributed by atoms with Crippen LogP contribution >= 0.6 is 15.9 Å². The van der Waals surface area contributed by atoms with Crippen LogP contribution in [0.3, 0.4) is 0 Å². The Morgan fingerprint density at radius 2 is 2.17 bits per heavy atom. The summed E-state index contributed by atoms with van der Waals surface area (Å²) in [6.07, 6.45) is 0. The molecule has 0 atom stereocenters. The van der Waals surface area contributed by atoms with Crippen LogP contribution in [0.4, 0.5) is 10.1 Å². The fourth-order valence-electron chi connectivity index (χ4n) is 1.47. The number of hydrogen-bond donors (Lipinski definition) is 1. The van der Waals surface area contributed by atoms with Gasteiger partial charge in [0.05, 0.1) is 23.8 Å². The van der Waals surface area contributed by atoms with Gasteiger partial charge in [0.1, 0.15) is 5.82 Å². The average molecular weight is 311 g/mol. The van der Waals surface area contributed by atoms with Crippen LogP contribution in [0, 0.1) is 5.82 Å². The zero-order valence-electron chi connectivity index (χ0n) is 9.78. The van der Waals surface area contributed by atoms with Gasteiger partial charge in [-0.05, 0) is 40.2 Å². The molecule has 2 aromatic rings. The van der Waals surface area contributed by atoms with Gasteiger partial charge >= 0.3 is 0 Å². The molecule has 1 N–H and O–H groups in total. The Kier molecular flexibility index (Phi) is 4.15. The van der Waals surface area contributed by atoms with Crippen LogP contribution in [0.1, 0.15) is 5.69 Å². The molecular weight excluding hydrogens is 299 g/mol. The molecule has 0 saturated carbocycles. The number of aromatic nitrogens is 1. The van der Waals surface area contributed by atoms with Gasteiger partial charge in [0.2, 0.25) is 5.88 Å². The van der Waals surface area contributed by atoms with Crippen LogP contribution in [0.2, 0.25) is 0 Å². The molecule has 18 heavy (non-hydrogen) atoms. The van der Waals surface area contributed by atoms with E-state index in [4.69, 9.17) is 4.74 Å². The molecule has 0 spiro atoms. The van der Waals surface area contributed by atoms with E-state index < -0.39 is 0 Å². The Morgan fingerprint density at radius 1 is 1.33 bits per heavy atom. The normalized spacial score (nSPS) is 10.2. The van der Waals surface area contributed by atoms with E-state index in [1.54, 1.807) is 25.3 Å². The fourth-order valence-corrected chi connectivity index (χ4v) is 1.72. The number of halogens is 2. The van der Waals surface area contributed by atoms with Gasteiger partial charge in [-0.15, -0.1) is 0 Å². The predicted octanol–water partition coefficient (Wildman–Crippen LogP) is 3.60. The minimum atomic E-state index is -0.293. The summed E-state index contributed by atoms with van der Waals surface area (Å²) in [5.74, 6) is 0.273. The first-order valence-corrected chi connectivity index (χ1v) is 6.17.